The molecule has 0 amide bonds. The third kappa shape index (κ3) is 5.47. The highest BCUT2D eigenvalue weighted by Crippen LogP contribution is 2.12. The second-order valence-corrected chi connectivity index (χ2v) is 3.59. The lowest BCUT2D eigenvalue weighted by atomic mass is 10.1. The lowest BCUT2D eigenvalue weighted by Crippen LogP contribution is -1.97. The van der Waals surface area contributed by atoms with Gasteiger partial charge in [0.2, 0.25) is 0 Å². The number of aliphatic carboxylic acids is 1. The number of nitriles is 1. The minimum Gasteiger partial charge on any atom is -0.508 e. The van der Waals surface area contributed by atoms with Gasteiger partial charge in [-0.05, 0) is 35.9 Å². The number of aromatic nitrogens is 1. The number of aromatic hydroxyl groups is 1. The van der Waals surface area contributed by atoms with E-state index in [4.69, 9.17) is 15.5 Å². The van der Waals surface area contributed by atoms with Crippen LogP contribution in [0.4, 0.5) is 0 Å². The summed E-state index contributed by atoms with van der Waals surface area (Å²) < 4.78 is 0. The van der Waals surface area contributed by atoms with Crippen LogP contribution in [0.1, 0.15) is 5.56 Å². The van der Waals surface area contributed by atoms with Crippen molar-refractivity contribution in [3.05, 3.63) is 66.0 Å². The number of phenols is 1. The number of rotatable bonds is 2. The van der Waals surface area contributed by atoms with Gasteiger partial charge in [0, 0.05) is 12.4 Å². The van der Waals surface area contributed by atoms with E-state index in [9.17, 15) is 4.79 Å². The first kappa shape index (κ1) is 14.9. The van der Waals surface area contributed by atoms with Crippen molar-refractivity contribution >= 4 is 12.0 Å². The second-order valence-electron chi connectivity index (χ2n) is 3.59. The second kappa shape index (κ2) is 8.06. The van der Waals surface area contributed by atoms with E-state index in [2.05, 4.69) is 4.98 Å². The van der Waals surface area contributed by atoms with Gasteiger partial charge in [-0.15, -0.1) is 0 Å². The molecule has 0 unspecified atom stereocenters. The van der Waals surface area contributed by atoms with Crippen molar-refractivity contribution in [3.8, 4) is 11.8 Å². The van der Waals surface area contributed by atoms with E-state index in [-0.39, 0.29) is 11.3 Å². The van der Waals surface area contributed by atoms with E-state index in [1.165, 1.54) is 30.3 Å². The summed E-state index contributed by atoms with van der Waals surface area (Å²) >= 11 is 0. The minimum absolute atomic E-state index is 0.0935. The topological polar surface area (TPSA) is 94.2 Å². The van der Waals surface area contributed by atoms with Crippen molar-refractivity contribution in [1.82, 2.24) is 4.98 Å². The van der Waals surface area contributed by atoms with E-state index >= 15 is 0 Å². The summed E-state index contributed by atoms with van der Waals surface area (Å²) in [6.07, 6.45) is 4.74. The van der Waals surface area contributed by atoms with E-state index in [0.717, 1.165) is 0 Å². The Balaban J connectivity index is 0.000000276. The fraction of sp³-hybridized carbons (Fsp3) is 0. The zero-order valence-electron chi connectivity index (χ0n) is 10.5. The van der Waals surface area contributed by atoms with Gasteiger partial charge in [-0.25, -0.2) is 4.79 Å². The zero-order chi connectivity index (χ0) is 14.8. The van der Waals surface area contributed by atoms with Crippen LogP contribution in [-0.4, -0.2) is 21.2 Å². The van der Waals surface area contributed by atoms with Gasteiger partial charge < -0.3 is 10.2 Å². The number of nitrogens with zero attached hydrogens (tertiary/aromatic N) is 2. The number of carbonyl (C=O) groups is 1. The fourth-order valence-corrected chi connectivity index (χ4v) is 1.19. The number of benzene rings is 1. The largest absolute Gasteiger partial charge is 0.508 e. The normalized spacial score (nSPS) is 9.85. The van der Waals surface area contributed by atoms with Crippen LogP contribution in [0, 0.1) is 11.3 Å². The third-order valence-electron chi connectivity index (χ3n) is 2.12. The Morgan fingerprint density at radius 2 is 1.75 bits per heavy atom. The number of pyridine rings is 1. The maximum Gasteiger partial charge on any atom is 0.346 e. The predicted molar refractivity (Wildman–Crippen MR) is 73.6 cm³/mol. The van der Waals surface area contributed by atoms with Gasteiger partial charge in [0.05, 0.1) is 0 Å². The van der Waals surface area contributed by atoms with Gasteiger partial charge in [-0.3, -0.25) is 4.98 Å². The average molecular weight is 268 g/mol. The van der Waals surface area contributed by atoms with Crippen LogP contribution >= 0.6 is 0 Å². The lowest BCUT2D eigenvalue weighted by Gasteiger charge is -1.94. The van der Waals surface area contributed by atoms with Gasteiger partial charge >= 0.3 is 5.97 Å². The average Bonchev–Trinajstić information content (AvgIpc) is 2.49. The zero-order valence-corrected chi connectivity index (χ0v) is 10.5. The van der Waals surface area contributed by atoms with Gasteiger partial charge in [0.25, 0.3) is 0 Å². The molecule has 0 aliphatic heterocycles. The molecule has 0 aliphatic carbocycles. The SMILES string of the molecule is N#CC(=Cc1ccc(O)cc1)C(=O)O.c1ccncc1. The maximum atomic E-state index is 10.5. The Bertz CT molecular complexity index is 587. The van der Waals surface area contributed by atoms with Crippen molar-refractivity contribution in [2.45, 2.75) is 0 Å². The first-order valence-electron chi connectivity index (χ1n) is 5.62. The molecule has 20 heavy (non-hydrogen) atoms. The monoisotopic (exact) mass is 268 g/mol. The molecule has 1 aromatic heterocycles. The van der Waals surface area contributed by atoms with E-state index < -0.39 is 5.97 Å². The molecule has 2 rings (SSSR count). The van der Waals surface area contributed by atoms with Gasteiger partial charge in [0.15, 0.2) is 0 Å². The number of carboxylic acid groups (broad SMARTS) is 1. The van der Waals surface area contributed by atoms with Gasteiger partial charge in [0.1, 0.15) is 17.4 Å². The van der Waals surface area contributed by atoms with Crippen LogP contribution in [0.2, 0.25) is 0 Å². The first-order valence-corrected chi connectivity index (χ1v) is 5.62. The van der Waals surface area contributed by atoms with Crippen LogP contribution in [0.5, 0.6) is 5.75 Å². The van der Waals surface area contributed by atoms with Crippen molar-refractivity contribution in [2.75, 3.05) is 0 Å². The molecule has 5 heteroatoms. The standard InChI is InChI=1S/C10H7NO3.C5H5N/c11-6-8(10(13)14)5-7-1-3-9(12)4-2-7;1-2-4-6-5-3-1/h1-5,12H,(H,13,14);1-5H. The number of phenolic OH excluding ortho intramolecular Hbond substituents is 1. The molecule has 2 aromatic rings. The van der Waals surface area contributed by atoms with Gasteiger partial charge in [-0.2, -0.15) is 5.26 Å². The highest BCUT2D eigenvalue weighted by Gasteiger charge is 2.04. The Morgan fingerprint density at radius 3 is 2.10 bits per heavy atom. The van der Waals surface area contributed by atoms with Crippen molar-refractivity contribution < 1.29 is 15.0 Å². The molecule has 2 N–H and O–H groups in total. The molecule has 0 fully saturated rings. The Labute approximate surface area is 116 Å². The summed E-state index contributed by atoms with van der Waals surface area (Å²) in [4.78, 5) is 14.2. The summed E-state index contributed by atoms with van der Waals surface area (Å²) in [5, 5.41) is 26.0. The smallest absolute Gasteiger partial charge is 0.346 e. The Morgan fingerprint density at radius 1 is 1.15 bits per heavy atom. The molecule has 5 nitrogen and oxygen atoms in total. The minimum atomic E-state index is -1.26. The molecule has 0 radical (unpaired) electrons. The summed E-state index contributed by atoms with van der Waals surface area (Å²) in [6.45, 7) is 0. The molecule has 1 heterocycles. The van der Waals surface area contributed by atoms with Crippen molar-refractivity contribution in [2.24, 2.45) is 0 Å². The highest BCUT2D eigenvalue weighted by molar-refractivity contribution is 5.96. The van der Waals surface area contributed by atoms with Crippen LogP contribution < -0.4 is 0 Å². The van der Waals surface area contributed by atoms with Crippen LogP contribution in [-0.2, 0) is 4.79 Å². The summed E-state index contributed by atoms with van der Waals surface area (Å²) in [6, 6.07) is 13.2. The summed E-state index contributed by atoms with van der Waals surface area (Å²) in [7, 11) is 0. The van der Waals surface area contributed by atoms with E-state index in [1.807, 2.05) is 18.2 Å². The van der Waals surface area contributed by atoms with E-state index in [1.54, 1.807) is 18.5 Å². The molecule has 0 saturated carbocycles. The summed E-state index contributed by atoms with van der Waals surface area (Å²) in [5.74, 6) is -1.17. The number of carboxylic acids is 1. The van der Waals surface area contributed by atoms with Crippen molar-refractivity contribution in [1.29, 1.82) is 5.26 Å². The molecule has 0 bridgehead atoms. The quantitative estimate of drug-likeness (QED) is 0.644. The Hall–Kier alpha value is -3.13. The molecular weight excluding hydrogens is 256 g/mol. The fourth-order valence-electron chi connectivity index (χ4n) is 1.19. The van der Waals surface area contributed by atoms with Crippen LogP contribution in [0.25, 0.3) is 6.08 Å². The molecule has 1 aromatic carbocycles. The third-order valence-corrected chi connectivity index (χ3v) is 2.12. The number of hydrogen-bond acceptors (Lipinski definition) is 4. The molecule has 0 atom stereocenters. The number of hydrogen-bond donors (Lipinski definition) is 2. The molecular formula is C15H12N2O3. The molecule has 0 aliphatic rings. The molecule has 0 spiro atoms. The predicted octanol–water partition coefficient (Wildman–Crippen LogP) is 2.47. The van der Waals surface area contributed by atoms with Crippen molar-refractivity contribution in [3.63, 3.8) is 0 Å². The van der Waals surface area contributed by atoms with E-state index in [0.29, 0.717) is 5.56 Å². The Kier molecular flexibility index (Phi) is 6.01. The molecule has 0 saturated heterocycles. The van der Waals surface area contributed by atoms with Gasteiger partial charge in [-0.1, -0.05) is 18.2 Å². The van der Waals surface area contributed by atoms with Crippen LogP contribution in [0.15, 0.2) is 60.4 Å². The van der Waals surface area contributed by atoms with Crippen LogP contribution in [0.3, 0.4) is 0 Å². The summed E-state index contributed by atoms with van der Waals surface area (Å²) in [5.41, 5.74) is 0.220. The highest BCUT2D eigenvalue weighted by atomic mass is 16.4. The first-order chi connectivity index (χ1) is 9.63. The lowest BCUT2D eigenvalue weighted by molar-refractivity contribution is -0.132. The molecule has 100 valence electrons. The maximum absolute atomic E-state index is 10.5.